The van der Waals surface area contributed by atoms with Crippen molar-refractivity contribution in [1.29, 1.82) is 0 Å². The molecule has 0 aliphatic carbocycles. The number of carbonyl (C=O) groups excluding carboxylic acids is 3. The van der Waals surface area contributed by atoms with Gasteiger partial charge in [-0.15, -0.1) is 0 Å². The molecule has 2 fully saturated rings. The van der Waals surface area contributed by atoms with Crippen LogP contribution in [0.2, 0.25) is 0 Å². The number of amides is 2. The molecule has 0 radical (unpaired) electrons. The van der Waals surface area contributed by atoms with Crippen LogP contribution in [-0.2, 0) is 19.1 Å². The first kappa shape index (κ1) is 23.5. The Kier molecular flexibility index (Phi) is 6.10. The summed E-state index contributed by atoms with van der Waals surface area (Å²) in [5.74, 6) is -1.56. The molecule has 3 aliphatic rings. The van der Waals surface area contributed by atoms with Crippen LogP contribution in [0.4, 0.5) is 5.69 Å². The predicted octanol–water partition coefficient (Wildman–Crippen LogP) is 2.28. The van der Waals surface area contributed by atoms with Crippen LogP contribution in [0.3, 0.4) is 0 Å². The number of hydrogen-bond donors (Lipinski definition) is 2. The monoisotopic (exact) mass is 498 g/mol. The van der Waals surface area contributed by atoms with E-state index in [1.165, 1.54) is 19.2 Å². The van der Waals surface area contributed by atoms with Gasteiger partial charge in [-0.2, -0.15) is 11.8 Å². The lowest BCUT2D eigenvalue weighted by atomic mass is 9.78. The first-order valence-electron chi connectivity index (χ1n) is 11.3. The number of phenols is 1. The highest BCUT2D eigenvalue weighted by molar-refractivity contribution is 7.98. The van der Waals surface area contributed by atoms with Crippen molar-refractivity contribution >= 4 is 35.2 Å². The summed E-state index contributed by atoms with van der Waals surface area (Å²) in [6, 6.07) is 10.7. The number of nitrogens with one attached hydrogen (secondary N) is 1. The summed E-state index contributed by atoms with van der Waals surface area (Å²) in [4.78, 5) is 42.2. The Balaban J connectivity index is 1.61. The van der Waals surface area contributed by atoms with Gasteiger partial charge in [-0.25, -0.2) is 4.90 Å². The molecular formula is C25H26N2O7S. The number of rotatable bonds is 6. The highest BCUT2D eigenvalue weighted by Crippen LogP contribution is 2.52. The first-order chi connectivity index (χ1) is 16.9. The second-order valence-corrected chi connectivity index (χ2v) is 9.75. The Bertz CT molecular complexity index is 1170. The van der Waals surface area contributed by atoms with Gasteiger partial charge < -0.3 is 19.3 Å². The van der Waals surface area contributed by atoms with Crippen LogP contribution in [0.25, 0.3) is 0 Å². The zero-order valence-electron chi connectivity index (χ0n) is 19.4. The summed E-state index contributed by atoms with van der Waals surface area (Å²) in [6.45, 7) is 0.797. The highest BCUT2D eigenvalue weighted by Gasteiger charge is 2.68. The van der Waals surface area contributed by atoms with Crippen molar-refractivity contribution in [3.05, 3.63) is 48.0 Å². The van der Waals surface area contributed by atoms with Crippen molar-refractivity contribution in [3.63, 3.8) is 0 Å². The highest BCUT2D eigenvalue weighted by atomic mass is 32.2. The molecule has 0 spiro atoms. The maximum absolute atomic E-state index is 13.9. The molecule has 5 rings (SSSR count). The average Bonchev–Trinajstić information content (AvgIpc) is 3.36. The Labute approximate surface area is 206 Å². The summed E-state index contributed by atoms with van der Waals surface area (Å²) >= 11 is 1.54. The minimum absolute atomic E-state index is 0.0802. The number of ether oxygens (including phenoxy) is 3. The largest absolute Gasteiger partial charge is 0.508 e. The molecule has 0 saturated carbocycles. The van der Waals surface area contributed by atoms with E-state index in [2.05, 4.69) is 5.32 Å². The number of benzene rings is 2. The Morgan fingerprint density at radius 3 is 2.54 bits per heavy atom. The van der Waals surface area contributed by atoms with Gasteiger partial charge >= 0.3 is 5.97 Å². The number of anilines is 1. The summed E-state index contributed by atoms with van der Waals surface area (Å²) in [6.07, 6.45) is 2.22. The number of fused-ring (bicyclic) bond motifs is 2. The molecule has 184 valence electrons. The van der Waals surface area contributed by atoms with Gasteiger partial charge in [-0.05, 0) is 48.3 Å². The number of imide groups is 1. The van der Waals surface area contributed by atoms with Gasteiger partial charge in [0, 0.05) is 12.1 Å². The summed E-state index contributed by atoms with van der Waals surface area (Å²) in [5, 5.41) is 13.1. The molecule has 2 saturated heterocycles. The van der Waals surface area contributed by atoms with Crippen molar-refractivity contribution < 1.29 is 33.7 Å². The minimum Gasteiger partial charge on any atom is -0.508 e. The van der Waals surface area contributed by atoms with Crippen LogP contribution in [0.1, 0.15) is 18.0 Å². The molecule has 0 bridgehead atoms. The number of phenolic OH excluding ortho intramolecular Hbond substituents is 1. The van der Waals surface area contributed by atoms with Gasteiger partial charge in [-0.1, -0.05) is 12.1 Å². The summed E-state index contributed by atoms with van der Waals surface area (Å²) in [7, 11) is 1.29. The van der Waals surface area contributed by atoms with Crippen LogP contribution in [0.15, 0.2) is 42.5 Å². The Hall–Kier alpha value is -3.24. The molecule has 9 nitrogen and oxygen atoms in total. The number of esters is 1. The van der Waals surface area contributed by atoms with Crippen LogP contribution in [-0.4, -0.2) is 60.8 Å². The normalized spacial score (nSPS) is 27.1. The number of aromatic hydroxyl groups is 1. The van der Waals surface area contributed by atoms with Crippen molar-refractivity contribution in [2.24, 2.45) is 11.8 Å². The predicted molar refractivity (Wildman–Crippen MR) is 129 cm³/mol. The standard InChI is InChI=1S/C25H26N2O7S/c1-32-24(31)25(9-12-35-2)20-19(21(26-25)14-3-6-16(28)7-4-14)22(29)27(23(20)30)15-5-8-17-18(13-15)34-11-10-33-17/h3-8,13,19-21,26,28H,9-12H2,1-2H3/t19-,20+,21-,25-/m0/s1. The van der Waals surface area contributed by atoms with Crippen LogP contribution < -0.4 is 19.7 Å². The zero-order chi connectivity index (χ0) is 24.7. The molecule has 2 aromatic rings. The molecule has 0 aromatic heterocycles. The third kappa shape index (κ3) is 3.71. The van der Waals surface area contributed by atoms with Crippen molar-refractivity contribution in [1.82, 2.24) is 5.32 Å². The lowest BCUT2D eigenvalue weighted by molar-refractivity contribution is -0.152. The van der Waals surface area contributed by atoms with Crippen LogP contribution in [0, 0.1) is 11.8 Å². The van der Waals surface area contributed by atoms with E-state index in [0.29, 0.717) is 48.1 Å². The van der Waals surface area contributed by atoms with Crippen molar-refractivity contribution in [3.8, 4) is 17.2 Å². The molecule has 2 amide bonds. The second kappa shape index (κ2) is 9.09. The lowest BCUT2D eigenvalue weighted by Crippen LogP contribution is -2.56. The number of nitrogens with zero attached hydrogens (tertiary/aromatic N) is 1. The smallest absolute Gasteiger partial charge is 0.326 e. The van der Waals surface area contributed by atoms with Crippen molar-refractivity contribution in [2.75, 3.05) is 37.2 Å². The van der Waals surface area contributed by atoms with E-state index in [9.17, 15) is 19.5 Å². The zero-order valence-corrected chi connectivity index (χ0v) is 20.2. The molecule has 2 aromatic carbocycles. The van der Waals surface area contributed by atoms with E-state index in [4.69, 9.17) is 14.2 Å². The van der Waals surface area contributed by atoms with Crippen molar-refractivity contribution in [2.45, 2.75) is 18.0 Å². The Morgan fingerprint density at radius 2 is 1.86 bits per heavy atom. The number of carbonyl (C=O) groups is 3. The van der Waals surface area contributed by atoms with Gasteiger partial charge in [0.1, 0.15) is 24.5 Å². The topological polar surface area (TPSA) is 114 Å². The van der Waals surface area contributed by atoms with Gasteiger partial charge in [0.2, 0.25) is 11.8 Å². The molecular weight excluding hydrogens is 472 g/mol. The summed E-state index contributed by atoms with van der Waals surface area (Å²) in [5.41, 5.74) is -0.315. The molecule has 4 atom stereocenters. The molecule has 3 aliphatic heterocycles. The van der Waals surface area contributed by atoms with Gasteiger partial charge in [0.15, 0.2) is 11.5 Å². The fourth-order valence-corrected chi connectivity index (χ4v) is 5.89. The molecule has 2 N–H and O–H groups in total. The molecule has 0 unspecified atom stereocenters. The SMILES string of the molecule is COC(=O)[C@@]1(CCSC)N[C@@H](c2ccc(O)cc2)[C@H]2C(=O)N(c3ccc4c(c3)OCCO4)C(=O)[C@@H]21. The third-order valence-corrected chi connectivity index (χ3v) is 7.55. The van der Waals surface area contributed by atoms with E-state index in [1.54, 1.807) is 42.1 Å². The quantitative estimate of drug-likeness (QED) is 0.457. The summed E-state index contributed by atoms with van der Waals surface area (Å²) < 4.78 is 16.4. The van der Waals surface area contributed by atoms with Crippen LogP contribution >= 0.6 is 11.8 Å². The number of methoxy groups -OCH3 is 1. The van der Waals surface area contributed by atoms with E-state index in [0.717, 1.165) is 4.90 Å². The van der Waals surface area contributed by atoms with E-state index in [-0.39, 0.29) is 5.75 Å². The molecule has 10 heteroatoms. The average molecular weight is 499 g/mol. The first-order valence-corrected chi connectivity index (χ1v) is 12.7. The molecule has 35 heavy (non-hydrogen) atoms. The van der Waals surface area contributed by atoms with E-state index < -0.39 is 41.2 Å². The number of thioether (sulfide) groups is 1. The van der Waals surface area contributed by atoms with E-state index in [1.807, 2.05) is 6.26 Å². The molecule has 3 heterocycles. The Morgan fingerprint density at radius 1 is 1.14 bits per heavy atom. The second-order valence-electron chi connectivity index (χ2n) is 8.76. The van der Waals surface area contributed by atoms with E-state index >= 15 is 0 Å². The van der Waals surface area contributed by atoms with Crippen LogP contribution in [0.5, 0.6) is 17.2 Å². The van der Waals surface area contributed by atoms with Gasteiger partial charge in [-0.3, -0.25) is 19.7 Å². The number of hydrogen-bond acceptors (Lipinski definition) is 9. The maximum atomic E-state index is 13.9. The van der Waals surface area contributed by atoms with Gasteiger partial charge in [0.25, 0.3) is 0 Å². The minimum atomic E-state index is -1.37. The fourth-order valence-electron chi connectivity index (χ4n) is 5.36. The van der Waals surface area contributed by atoms with Gasteiger partial charge in [0.05, 0.1) is 24.6 Å². The lowest BCUT2D eigenvalue weighted by Gasteiger charge is -2.32. The third-order valence-electron chi connectivity index (χ3n) is 6.94. The fraction of sp³-hybridized carbons (Fsp3) is 0.400. The maximum Gasteiger partial charge on any atom is 0.326 e.